The quantitative estimate of drug-likeness (QED) is 0.838. The van der Waals surface area contributed by atoms with Crippen LogP contribution in [0.2, 0.25) is 0 Å². The summed E-state index contributed by atoms with van der Waals surface area (Å²) in [5, 5.41) is 10.6. The maximum atomic E-state index is 13.2. The average molecular weight is 413 g/mol. The first-order chi connectivity index (χ1) is 14.6. The Labute approximate surface area is 174 Å². The molecule has 2 aromatic carbocycles. The third-order valence-electron chi connectivity index (χ3n) is 6.27. The predicted octanol–water partition coefficient (Wildman–Crippen LogP) is 2.89. The molecule has 158 valence electrons. The number of nitrogens with zero attached hydrogens (tertiary/aromatic N) is 1. The summed E-state index contributed by atoms with van der Waals surface area (Å²) in [6.45, 7) is 2.13. The summed E-state index contributed by atoms with van der Waals surface area (Å²) < 4.78 is 30.4. The molecule has 0 radical (unpaired) electrons. The van der Waals surface area contributed by atoms with Crippen molar-refractivity contribution in [2.75, 3.05) is 26.3 Å². The Morgan fingerprint density at radius 3 is 2.57 bits per heavy atom. The molecular formula is C23H24FNO5. The van der Waals surface area contributed by atoms with E-state index in [-0.39, 0.29) is 29.7 Å². The normalized spacial score (nSPS) is 27.5. The lowest BCUT2D eigenvalue weighted by Gasteiger charge is -2.35. The van der Waals surface area contributed by atoms with Gasteiger partial charge in [0.2, 0.25) is 0 Å². The molecule has 1 amide bonds. The number of aliphatic hydroxyl groups is 1. The molecule has 2 heterocycles. The molecule has 3 aliphatic rings. The molecule has 7 heteroatoms. The predicted molar refractivity (Wildman–Crippen MR) is 106 cm³/mol. The fourth-order valence-corrected chi connectivity index (χ4v) is 4.78. The van der Waals surface area contributed by atoms with Gasteiger partial charge in [-0.05, 0) is 61.1 Å². The Morgan fingerprint density at radius 2 is 1.77 bits per heavy atom. The lowest BCUT2D eigenvalue weighted by molar-refractivity contribution is -0.0231. The summed E-state index contributed by atoms with van der Waals surface area (Å²) >= 11 is 0. The van der Waals surface area contributed by atoms with E-state index in [4.69, 9.17) is 14.2 Å². The largest absolute Gasteiger partial charge is 0.488 e. The molecule has 2 aliphatic heterocycles. The summed E-state index contributed by atoms with van der Waals surface area (Å²) in [7, 11) is 0. The molecular weight excluding hydrogens is 389 g/mol. The van der Waals surface area contributed by atoms with Crippen molar-refractivity contribution in [1.29, 1.82) is 0 Å². The number of hydrogen-bond acceptors (Lipinski definition) is 5. The molecule has 2 aromatic rings. The molecule has 0 unspecified atom stereocenters. The zero-order valence-corrected chi connectivity index (χ0v) is 16.5. The van der Waals surface area contributed by atoms with Crippen LogP contribution in [-0.2, 0) is 0 Å². The summed E-state index contributed by atoms with van der Waals surface area (Å²) in [4.78, 5) is 15.1. The highest BCUT2D eigenvalue weighted by Crippen LogP contribution is 2.40. The van der Waals surface area contributed by atoms with E-state index in [1.54, 1.807) is 24.3 Å². The van der Waals surface area contributed by atoms with Gasteiger partial charge in [-0.2, -0.15) is 0 Å². The molecule has 0 bridgehead atoms. The second-order valence-corrected chi connectivity index (χ2v) is 8.21. The average Bonchev–Trinajstić information content (AvgIpc) is 3.17. The van der Waals surface area contributed by atoms with Gasteiger partial charge in [-0.15, -0.1) is 0 Å². The van der Waals surface area contributed by atoms with E-state index in [0.29, 0.717) is 62.0 Å². The molecule has 0 aromatic heterocycles. The van der Waals surface area contributed by atoms with Crippen molar-refractivity contribution >= 4 is 5.91 Å². The number of rotatable bonds is 3. The van der Waals surface area contributed by atoms with Gasteiger partial charge >= 0.3 is 0 Å². The summed E-state index contributed by atoms with van der Waals surface area (Å²) in [5.74, 6) is 1.74. The van der Waals surface area contributed by atoms with Gasteiger partial charge in [0.25, 0.3) is 5.91 Å². The summed E-state index contributed by atoms with van der Waals surface area (Å²) in [6, 6.07) is 11.2. The minimum atomic E-state index is -0.618. The molecule has 1 saturated heterocycles. The van der Waals surface area contributed by atoms with Crippen molar-refractivity contribution in [2.45, 2.75) is 25.0 Å². The van der Waals surface area contributed by atoms with E-state index in [1.165, 1.54) is 12.1 Å². The van der Waals surface area contributed by atoms with Gasteiger partial charge in [0, 0.05) is 13.1 Å². The first kappa shape index (κ1) is 19.2. The van der Waals surface area contributed by atoms with Crippen molar-refractivity contribution in [3.63, 3.8) is 0 Å². The number of aliphatic hydroxyl groups excluding tert-OH is 1. The summed E-state index contributed by atoms with van der Waals surface area (Å²) in [5.41, 5.74) is 0.519. The van der Waals surface area contributed by atoms with Gasteiger partial charge in [-0.25, -0.2) is 4.39 Å². The molecule has 6 nitrogen and oxygen atoms in total. The van der Waals surface area contributed by atoms with Crippen molar-refractivity contribution < 1.29 is 28.5 Å². The molecule has 1 aliphatic carbocycles. The number of ether oxygens (including phenoxy) is 3. The Balaban J connectivity index is 1.28. The van der Waals surface area contributed by atoms with Crippen molar-refractivity contribution in [3.8, 4) is 17.2 Å². The number of amides is 1. The van der Waals surface area contributed by atoms with Crippen molar-refractivity contribution in [2.24, 2.45) is 11.8 Å². The SMILES string of the molecule is O=C(c1cccc2c1OCCO2)N1C[C@H]2C[C@@H](Oc3ccc(F)cc3)[C@H](O)C[C@H]2C1. The second kappa shape index (κ2) is 7.80. The van der Waals surface area contributed by atoms with Crippen LogP contribution in [-0.4, -0.2) is 54.4 Å². The van der Waals surface area contributed by atoms with Crippen LogP contribution in [0.5, 0.6) is 17.2 Å². The fraction of sp³-hybridized carbons (Fsp3) is 0.435. The number of fused-ring (bicyclic) bond motifs is 2. The first-order valence-electron chi connectivity index (χ1n) is 10.4. The van der Waals surface area contributed by atoms with Crippen LogP contribution in [0, 0.1) is 17.7 Å². The van der Waals surface area contributed by atoms with Crippen LogP contribution in [0.3, 0.4) is 0 Å². The van der Waals surface area contributed by atoms with Crippen LogP contribution in [0.1, 0.15) is 23.2 Å². The number of para-hydroxylation sites is 1. The number of carbonyl (C=O) groups excluding carboxylic acids is 1. The molecule has 2 fully saturated rings. The van der Waals surface area contributed by atoms with Gasteiger partial charge in [0.15, 0.2) is 11.5 Å². The number of likely N-dealkylation sites (tertiary alicyclic amines) is 1. The molecule has 5 rings (SSSR count). The number of benzene rings is 2. The molecule has 0 spiro atoms. The van der Waals surface area contributed by atoms with Gasteiger partial charge in [-0.1, -0.05) is 6.07 Å². The third-order valence-corrected chi connectivity index (χ3v) is 6.27. The minimum absolute atomic E-state index is 0.0720. The fourth-order valence-electron chi connectivity index (χ4n) is 4.78. The Kier molecular flexibility index (Phi) is 4.98. The smallest absolute Gasteiger partial charge is 0.257 e. The second-order valence-electron chi connectivity index (χ2n) is 8.21. The van der Waals surface area contributed by atoms with E-state index in [2.05, 4.69) is 0 Å². The molecule has 4 atom stereocenters. The van der Waals surface area contributed by atoms with E-state index in [9.17, 15) is 14.3 Å². The first-order valence-corrected chi connectivity index (χ1v) is 10.4. The van der Waals surface area contributed by atoms with Gasteiger partial charge < -0.3 is 24.2 Å². The van der Waals surface area contributed by atoms with Crippen LogP contribution < -0.4 is 14.2 Å². The van der Waals surface area contributed by atoms with Crippen LogP contribution >= 0.6 is 0 Å². The van der Waals surface area contributed by atoms with Crippen LogP contribution in [0.25, 0.3) is 0 Å². The zero-order valence-electron chi connectivity index (χ0n) is 16.5. The zero-order chi connectivity index (χ0) is 20.7. The third kappa shape index (κ3) is 3.58. The van der Waals surface area contributed by atoms with Crippen molar-refractivity contribution in [3.05, 3.63) is 53.8 Å². The lowest BCUT2D eigenvalue weighted by Crippen LogP contribution is -2.42. The highest BCUT2D eigenvalue weighted by atomic mass is 19.1. The number of halogens is 1. The molecule has 1 N–H and O–H groups in total. The summed E-state index contributed by atoms with van der Waals surface area (Å²) in [6.07, 6.45) is 0.243. The maximum Gasteiger partial charge on any atom is 0.257 e. The maximum absolute atomic E-state index is 13.2. The van der Waals surface area contributed by atoms with Crippen LogP contribution in [0.4, 0.5) is 4.39 Å². The number of hydrogen-bond donors (Lipinski definition) is 1. The highest BCUT2D eigenvalue weighted by Gasteiger charge is 2.44. The number of carbonyl (C=O) groups is 1. The van der Waals surface area contributed by atoms with Gasteiger partial charge in [0.1, 0.15) is 30.9 Å². The van der Waals surface area contributed by atoms with Crippen LogP contribution in [0.15, 0.2) is 42.5 Å². The van der Waals surface area contributed by atoms with Gasteiger partial charge in [0.05, 0.1) is 11.7 Å². The van der Waals surface area contributed by atoms with Gasteiger partial charge in [-0.3, -0.25) is 4.79 Å². The Morgan fingerprint density at radius 1 is 1.03 bits per heavy atom. The van der Waals surface area contributed by atoms with E-state index in [0.717, 1.165) is 0 Å². The van der Waals surface area contributed by atoms with Crippen molar-refractivity contribution in [1.82, 2.24) is 4.90 Å². The lowest BCUT2D eigenvalue weighted by atomic mass is 9.78. The Bertz CT molecular complexity index is 934. The minimum Gasteiger partial charge on any atom is -0.488 e. The van der Waals surface area contributed by atoms with E-state index in [1.807, 2.05) is 11.0 Å². The highest BCUT2D eigenvalue weighted by molar-refractivity contribution is 5.98. The molecule has 30 heavy (non-hydrogen) atoms. The monoisotopic (exact) mass is 413 g/mol. The van der Waals surface area contributed by atoms with E-state index < -0.39 is 6.10 Å². The molecule has 1 saturated carbocycles. The van der Waals surface area contributed by atoms with E-state index >= 15 is 0 Å². The standard InChI is InChI=1S/C23H24FNO5/c24-16-4-6-17(7-5-16)30-21-11-15-13-25(12-14(15)10-19(21)26)23(27)18-2-1-3-20-22(18)29-9-8-28-20/h1-7,14-15,19,21,26H,8-13H2/t14-,15+,19+,21+/m0/s1. The Hall–Kier alpha value is -2.80. The topological polar surface area (TPSA) is 68.2 Å².